The second-order valence-electron chi connectivity index (χ2n) is 12.5. The number of amides is 1. The van der Waals surface area contributed by atoms with Crippen LogP contribution < -0.4 is 4.90 Å². The van der Waals surface area contributed by atoms with Gasteiger partial charge < -0.3 is 9.64 Å². The van der Waals surface area contributed by atoms with Crippen molar-refractivity contribution >= 4 is 17.6 Å². The molecule has 6 atom stereocenters. The van der Waals surface area contributed by atoms with Crippen molar-refractivity contribution in [3.8, 4) is 6.07 Å². The first kappa shape index (κ1) is 26.0. The number of carbonyl (C=O) groups is 2. The van der Waals surface area contributed by atoms with Crippen LogP contribution in [0.5, 0.6) is 0 Å². The minimum absolute atomic E-state index is 0.00664. The summed E-state index contributed by atoms with van der Waals surface area (Å²) in [4.78, 5) is 32.6. The first-order valence-corrected chi connectivity index (χ1v) is 13.7. The molecule has 37 heavy (non-hydrogen) atoms. The van der Waals surface area contributed by atoms with Gasteiger partial charge in [-0.25, -0.2) is 9.18 Å². The Kier molecular flexibility index (Phi) is 6.95. The Labute approximate surface area is 219 Å². The zero-order valence-corrected chi connectivity index (χ0v) is 22.5. The maximum absolute atomic E-state index is 15.2. The van der Waals surface area contributed by atoms with Crippen molar-refractivity contribution in [3.05, 3.63) is 29.6 Å². The van der Waals surface area contributed by atoms with Gasteiger partial charge in [0.05, 0.1) is 18.0 Å². The third-order valence-corrected chi connectivity index (χ3v) is 8.86. The van der Waals surface area contributed by atoms with Crippen LogP contribution in [0.3, 0.4) is 0 Å². The normalized spacial score (nSPS) is 29.9. The Bertz CT molecular complexity index is 1080. The molecule has 4 aliphatic rings. The number of nitrogens with zero attached hydrogens (tertiary/aromatic N) is 4. The van der Waals surface area contributed by atoms with Crippen LogP contribution >= 0.6 is 0 Å². The molecule has 0 aromatic heterocycles. The third kappa shape index (κ3) is 5.20. The molecule has 4 bridgehead atoms. The zero-order valence-electron chi connectivity index (χ0n) is 22.5. The molecule has 1 aliphatic carbocycles. The number of benzene rings is 1. The van der Waals surface area contributed by atoms with E-state index in [-0.39, 0.29) is 36.4 Å². The molecule has 7 nitrogen and oxygen atoms in total. The average Bonchev–Trinajstić information content (AvgIpc) is 3.49. The molecule has 0 N–H and O–H groups in total. The van der Waals surface area contributed by atoms with Crippen LogP contribution in [0.25, 0.3) is 0 Å². The highest BCUT2D eigenvalue weighted by atomic mass is 19.1. The molecule has 1 amide bonds. The zero-order chi connectivity index (χ0) is 26.5. The van der Waals surface area contributed by atoms with E-state index >= 15 is 4.39 Å². The second kappa shape index (κ2) is 9.90. The van der Waals surface area contributed by atoms with Crippen LogP contribution in [0, 0.1) is 29.0 Å². The van der Waals surface area contributed by atoms with E-state index in [1.54, 1.807) is 17.0 Å². The molecule has 8 heteroatoms. The number of hydrogen-bond donors (Lipinski definition) is 0. The van der Waals surface area contributed by atoms with Gasteiger partial charge in [-0.2, -0.15) is 5.26 Å². The number of fused-ring (bicyclic) bond motifs is 4. The van der Waals surface area contributed by atoms with Crippen molar-refractivity contribution in [3.63, 3.8) is 0 Å². The topological polar surface area (TPSA) is 76.9 Å². The monoisotopic (exact) mass is 510 g/mol. The fraction of sp³-hybridized carbons (Fsp3) is 0.690. The highest BCUT2D eigenvalue weighted by molar-refractivity contribution is 5.89. The van der Waals surface area contributed by atoms with Crippen molar-refractivity contribution in [1.29, 1.82) is 5.26 Å². The van der Waals surface area contributed by atoms with E-state index in [0.717, 1.165) is 38.0 Å². The number of piperazine rings is 1. The van der Waals surface area contributed by atoms with E-state index in [2.05, 4.69) is 22.9 Å². The predicted molar refractivity (Wildman–Crippen MR) is 139 cm³/mol. The summed E-state index contributed by atoms with van der Waals surface area (Å²) in [7, 11) is 2.18. The van der Waals surface area contributed by atoms with Crippen molar-refractivity contribution < 1.29 is 18.7 Å². The van der Waals surface area contributed by atoms with E-state index in [9.17, 15) is 14.9 Å². The van der Waals surface area contributed by atoms with Crippen LogP contribution in [0.1, 0.15) is 64.9 Å². The highest BCUT2D eigenvalue weighted by Crippen LogP contribution is 2.44. The summed E-state index contributed by atoms with van der Waals surface area (Å²) in [5.41, 5.74) is 0.692. The summed E-state index contributed by atoms with van der Waals surface area (Å²) >= 11 is 0. The number of ketones is 1. The molecule has 1 aromatic carbocycles. The summed E-state index contributed by atoms with van der Waals surface area (Å²) < 4.78 is 20.8. The van der Waals surface area contributed by atoms with Crippen molar-refractivity contribution in [2.24, 2.45) is 11.8 Å². The fourth-order valence-electron chi connectivity index (χ4n) is 7.00. The molecule has 0 radical (unpaired) electrons. The summed E-state index contributed by atoms with van der Waals surface area (Å²) in [6.07, 6.45) is 4.68. The van der Waals surface area contributed by atoms with Gasteiger partial charge in [0.1, 0.15) is 11.4 Å². The van der Waals surface area contributed by atoms with Crippen molar-refractivity contribution in [2.45, 2.75) is 95.5 Å². The SMILES string of the molecule is CN1C2CCC1CN(c1ccc(C[C@@H](C#N)CC(=O)[C@@H]3[C@H]4CC[C@H](C4)N3C(=O)OC(C)(C)C)c(F)c1)C2. The maximum atomic E-state index is 15.2. The van der Waals surface area contributed by atoms with E-state index in [0.29, 0.717) is 17.6 Å². The smallest absolute Gasteiger partial charge is 0.411 e. The molecule has 1 aromatic rings. The van der Waals surface area contributed by atoms with Gasteiger partial charge in [-0.15, -0.1) is 0 Å². The van der Waals surface area contributed by atoms with E-state index in [1.807, 2.05) is 26.8 Å². The summed E-state index contributed by atoms with van der Waals surface area (Å²) in [6.45, 7) is 7.25. The quantitative estimate of drug-likeness (QED) is 0.559. The number of piperidine rings is 1. The molecule has 3 aliphatic heterocycles. The largest absolute Gasteiger partial charge is 0.444 e. The molecule has 3 saturated heterocycles. The lowest BCUT2D eigenvalue weighted by Gasteiger charge is -2.40. The Hall–Kier alpha value is -2.66. The number of Topliss-reactive ketones (excluding diaryl/α,β-unsaturated/α-hetero) is 1. The number of likely N-dealkylation sites (N-methyl/N-ethyl adjacent to an activating group) is 1. The highest BCUT2D eigenvalue weighted by Gasteiger charge is 2.52. The molecule has 0 spiro atoms. The van der Waals surface area contributed by atoms with Crippen LogP contribution in [-0.4, -0.2) is 71.6 Å². The molecule has 3 heterocycles. The van der Waals surface area contributed by atoms with Gasteiger partial charge in [0, 0.05) is 43.3 Å². The van der Waals surface area contributed by atoms with Gasteiger partial charge in [-0.05, 0) is 90.0 Å². The van der Waals surface area contributed by atoms with E-state index < -0.39 is 23.7 Å². The number of hydrogen-bond acceptors (Lipinski definition) is 6. The first-order chi connectivity index (χ1) is 17.5. The molecule has 2 unspecified atom stereocenters. The molecule has 200 valence electrons. The fourth-order valence-corrected chi connectivity index (χ4v) is 7.00. The predicted octanol–water partition coefficient (Wildman–Crippen LogP) is 4.54. The number of halogens is 1. The summed E-state index contributed by atoms with van der Waals surface area (Å²) in [5.74, 6) is -0.979. The second-order valence-corrected chi connectivity index (χ2v) is 12.5. The number of nitriles is 1. The Balaban J connectivity index is 1.24. The number of ether oxygens (including phenoxy) is 1. The Morgan fingerprint density at radius 1 is 1.14 bits per heavy atom. The van der Waals surface area contributed by atoms with Crippen LogP contribution in [0.15, 0.2) is 18.2 Å². The standard InChI is InChI=1S/C29H39FN4O3/c1-29(2,3)37-28(36)34-22-8-6-20(13-22)27(34)26(35)12-18(15-31)11-19-5-7-21(14-25(19)30)33-16-23-9-10-24(17-33)32(23)4/h5,7,14,18,20,22-24,27H,6,8-13,16-17H2,1-4H3/t18-,20+,22-,23?,24?,27+/m1/s1. The van der Waals surface area contributed by atoms with E-state index in [4.69, 9.17) is 4.74 Å². The molecule has 4 fully saturated rings. The molecular weight excluding hydrogens is 471 g/mol. The Morgan fingerprint density at radius 2 is 1.81 bits per heavy atom. The van der Waals surface area contributed by atoms with Crippen LogP contribution in [0.4, 0.5) is 14.9 Å². The van der Waals surface area contributed by atoms with Crippen molar-refractivity contribution in [2.75, 3.05) is 25.0 Å². The minimum Gasteiger partial charge on any atom is -0.444 e. The molecule has 1 saturated carbocycles. The number of likely N-dealkylation sites (tertiary alicyclic amines) is 1. The lowest BCUT2D eigenvalue weighted by atomic mass is 9.88. The number of carbonyl (C=O) groups excluding carboxylic acids is 2. The van der Waals surface area contributed by atoms with Gasteiger partial charge in [0.25, 0.3) is 0 Å². The summed E-state index contributed by atoms with van der Waals surface area (Å²) in [6, 6.07) is 8.01. The van der Waals surface area contributed by atoms with Crippen LogP contribution in [-0.2, 0) is 16.0 Å². The first-order valence-electron chi connectivity index (χ1n) is 13.7. The number of rotatable bonds is 6. The lowest BCUT2D eigenvalue weighted by molar-refractivity contribution is -0.126. The van der Waals surface area contributed by atoms with E-state index in [1.165, 1.54) is 12.8 Å². The van der Waals surface area contributed by atoms with Crippen molar-refractivity contribution in [1.82, 2.24) is 9.80 Å². The third-order valence-electron chi connectivity index (χ3n) is 8.86. The van der Waals surface area contributed by atoms with Gasteiger partial charge in [0.2, 0.25) is 0 Å². The lowest BCUT2D eigenvalue weighted by Crippen LogP contribution is -2.52. The average molecular weight is 511 g/mol. The minimum atomic E-state index is -0.646. The maximum Gasteiger partial charge on any atom is 0.411 e. The molecular formula is C29H39FN4O3. The van der Waals surface area contributed by atoms with Crippen LogP contribution in [0.2, 0.25) is 0 Å². The van der Waals surface area contributed by atoms with Gasteiger partial charge in [-0.1, -0.05) is 6.07 Å². The molecule has 5 rings (SSSR count). The summed E-state index contributed by atoms with van der Waals surface area (Å²) in [5, 5.41) is 9.84. The van der Waals surface area contributed by atoms with Gasteiger partial charge in [-0.3, -0.25) is 14.6 Å². The Morgan fingerprint density at radius 3 is 2.43 bits per heavy atom. The van der Waals surface area contributed by atoms with Gasteiger partial charge in [0.15, 0.2) is 5.78 Å². The number of anilines is 1. The van der Waals surface area contributed by atoms with Gasteiger partial charge >= 0.3 is 6.09 Å².